The Morgan fingerprint density at radius 3 is 2.70 bits per heavy atom. The molecule has 1 aromatic carbocycles. The number of furan rings is 1. The van der Waals surface area contributed by atoms with Gasteiger partial charge in [0.15, 0.2) is 0 Å². The fraction of sp³-hybridized carbons (Fsp3) is 0.333. The van der Waals surface area contributed by atoms with Gasteiger partial charge in [-0.1, -0.05) is 29.3 Å². The van der Waals surface area contributed by atoms with Gasteiger partial charge in [0.05, 0.1) is 12.3 Å². The third kappa shape index (κ3) is 4.74. The van der Waals surface area contributed by atoms with Crippen molar-refractivity contribution in [3.05, 3.63) is 57.5 Å². The molecule has 2 nitrogen and oxygen atoms in total. The fourth-order valence-electron chi connectivity index (χ4n) is 1.90. The summed E-state index contributed by atoms with van der Waals surface area (Å²) in [5.41, 5.74) is 1.10. The SMILES string of the molecule is CSCc1ccc(CNCCc2ccc(Cl)cc2Cl)o1. The van der Waals surface area contributed by atoms with Gasteiger partial charge < -0.3 is 9.73 Å². The Kier molecular flexibility index (Phi) is 6.30. The van der Waals surface area contributed by atoms with Gasteiger partial charge >= 0.3 is 0 Å². The number of benzene rings is 1. The molecule has 108 valence electrons. The first kappa shape index (κ1) is 15.8. The number of hydrogen-bond acceptors (Lipinski definition) is 3. The second-order valence-electron chi connectivity index (χ2n) is 4.46. The Hall–Kier alpha value is -0.610. The van der Waals surface area contributed by atoms with E-state index in [0.717, 1.165) is 47.4 Å². The molecule has 0 unspecified atom stereocenters. The van der Waals surface area contributed by atoms with E-state index in [1.807, 2.05) is 24.3 Å². The number of halogens is 2. The molecule has 1 aromatic heterocycles. The molecule has 0 aliphatic carbocycles. The Morgan fingerprint density at radius 1 is 1.15 bits per heavy atom. The molecule has 0 atom stereocenters. The minimum absolute atomic E-state index is 0.670. The first-order chi connectivity index (χ1) is 9.69. The van der Waals surface area contributed by atoms with Crippen molar-refractivity contribution < 1.29 is 4.42 Å². The lowest BCUT2D eigenvalue weighted by Gasteiger charge is -2.05. The summed E-state index contributed by atoms with van der Waals surface area (Å²) in [7, 11) is 0. The van der Waals surface area contributed by atoms with Crippen molar-refractivity contribution in [3.8, 4) is 0 Å². The summed E-state index contributed by atoms with van der Waals surface area (Å²) in [6.07, 6.45) is 2.94. The van der Waals surface area contributed by atoms with Crippen LogP contribution < -0.4 is 5.32 Å². The van der Waals surface area contributed by atoms with Crippen LogP contribution in [0.5, 0.6) is 0 Å². The summed E-state index contributed by atoms with van der Waals surface area (Å²) in [6.45, 7) is 1.58. The van der Waals surface area contributed by atoms with Gasteiger partial charge in [-0.3, -0.25) is 0 Å². The van der Waals surface area contributed by atoms with Gasteiger partial charge in [-0.25, -0.2) is 0 Å². The van der Waals surface area contributed by atoms with E-state index >= 15 is 0 Å². The lowest BCUT2D eigenvalue weighted by Crippen LogP contribution is -2.16. The summed E-state index contributed by atoms with van der Waals surface area (Å²) < 4.78 is 5.69. The van der Waals surface area contributed by atoms with E-state index in [-0.39, 0.29) is 0 Å². The monoisotopic (exact) mass is 329 g/mol. The maximum absolute atomic E-state index is 6.13. The zero-order valence-corrected chi connectivity index (χ0v) is 13.6. The largest absolute Gasteiger partial charge is 0.464 e. The molecule has 0 saturated heterocycles. The fourth-order valence-corrected chi connectivity index (χ4v) is 2.84. The van der Waals surface area contributed by atoms with Crippen molar-refractivity contribution in [2.24, 2.45) is 0 Å². The third-order valence-corrected chi connectivity index (χ3v) is 4.05. The Morgan fingerprint density at radius 2 is 1.95 bits per heavy atom. The minimum Gasteiger partial charge on any atom is -0.464 e. The molecule has 0 bridgehead atoms. The summed E-state index contributed by atoms with van der Waals surface area (Å²) in [4.78, 5) is 0. The first-order valence-electron chi connectivity index (χ1n) is 6.40. The molecule has 0 amide bonds. The molecule has 1 N–H and O–H groups in total. The highest BCUT2D eigenvalue weighted by molar-refractivity contribution is 7.97. The lowest BCUT2D eigenvalue weighted by atomic mass is 10.1. The van der Waals surface area contributed by atoms with Crippen LogP contribution in [-0.2, 0) is 18.7 Å². The lowest BCUT2D eigenvalue weighted by molar-refractivity contribution is 0.460. The van der Waals surface area contributed by atoms with E-state index in [1.165, 1.54) is 0 Å². The molecule has 0 saturated carbocycles. The molecule has 0 fully saturated rings. The predicted octanol–water partition coefficient (Wildman–Crippen LogP) is 4.78. The first-order valence-corrected chi connectivity index (χ1v) is 8.55. The van der Waals surface area contributed by atoms with Gasteiger partial charge in [-0.15, -0.1) is 0 Å². The molecule has 5 heteroatoms. The van der Waals surface area contributed by atoms with Crippen molar-refractivity contribution in [2.45, 2.75) is 18.7 Å². The number of nitrogens with one attached hydrogen (secondary N) is 1. The van der Waals surface area contributed by atoms with Crippen LogP contribution in [0.15, 0.2) is 34.7 Å². The van der Waals surface area contributed by atoms with E-state index in [1.54, 1.807) is 17.8 Å². The Labute approximate surface area is 133 Å². The molecule has 2 rings (SSSR count). The quantitative estimate of drug-likeness (QED) is 0.740. The molecular formula is C15H17Cl2NOS. The molecule has 0 radical (unpaired) electrons. The number of hydrogen-bond donors (Lipinski definition) is 1. The van der Waals surface area contributed by atoms with Gasteiger partial charge in [-0.2, -0.15) is 11.8 Å². The van der Waals surface area contributed by atoms with E-state index in [4.69, 9.17) is 27.6 Å². The van der Waals surface area contributed by atoms with Gasteiger partial charge in [0.25, 0.3) is 0 Å². The summed E-state index contributed by atoms with van der Waals surface area (Å²) in [5, 5.41) is 4.75. The second-order valence-corrected chi connectivity index (χ2v) is 6.17. The van der Waals surface area contributed by atoms with E-state index < -0.39 is 0 Å². The predicted molar refractivity (Wildman–Crippen MR) is 87.8 cm³/mol. The van der Waals surface area contributed by atoms with Crippen LogP contribution in [0.1, 0.15) is 17.1 Å². The summed E-state index contributed by atoms with van der Waals surface area (Å²) in [6, 6.07) is 9.66. The van der Waals surface area contributed by atoms with Gasteiger partial charge in [0, 0.05) is 10.0 Å². The molecule has 2 aromatic rings. The van der Waals surface area contributed by atoms with Crippen molar-refractivity contribution in [3.63, 3.8) is 0 Å². The average Bonchev–Trinajstić information content (AvgIpc) is 2.85. The second kappa shape index (κ2) is 7.99. The van der Waals surface area contributed by atoms with Crippen LogP contribution in [-0.4, -0.2) is 12.8 Å². The standard InChI is InChI=1S/C15H17Cl2NOS/c1-20-10-14-5-4-13(19-14)9-18-7-6-11-2-3-12(16)8-15(11)17/h2-5,8,18H,6-7,9-10H2,1H3. The average molecular weight is 330 g/mol. The molecular weight excluding hydrogens is 313 g/mol. The number of rotatable bonds is 7. The van der Waals surface area contributed by atoms with E-state index in [2.05, 4.69) is 11.6 Å². The van der Waals surface area contributed by atoms with Crippen LogP contribution in [0.4, 0.5) is 0 Å². The molecule has 20 heavy (non-hydrogen) atoms. The van der Waals surface area contributed by atoms with Crippen molar-refractivity contribution >= 4 is 35.0 Å². The van der Waals surface area contributed by atoms with Crippen LogP contribution >= 0.6 is 35.0 Å². The maximum Gasteiger partial charge on any atom is 0.117 e. The highest BCUT2D eigenvalue weighted by Crippen LogP contribution is 2.21. The van der Waals surface area contributed by atoms with Crippen molar-refractivity contribution in [2.75, 3.05) is 12.8 Å². The summed E-state index contributed by atoms with van der Waals surface area (Å²) in [5.74, 6) is 2.91. The molecule has 1 heterocycles. The van der Waals surface area contributed by atoms with Gasteiger partial charge in [-0.05, 0) is 49.1 Å². The highest BCUT2D eigenvalue weighted by atomic mass is 35.5. The topological polar surface area (TPSA) is 25.2 Å². The smallest absolute Gasteiger partial charge is 0.117 e. The van der Waals surface area contributed by atoms with E-state index in [0.29, 0.717) is 5.02 Å². The van der Waals surface area contributed by atoms with Crippen LogP contribution in [0.25, 0.3) is 0 Å². The van der Waals surface area contributed by atoms with Crippen LogP contribution in [0.2, 0.25) is 10.0 Å². The third-order valence-electron chi connectivity index (χ3n) is 2.89. The van der Waals surface area contributed by atoms with Crippen LogP contribution in [0.3, 0.4) is 0 Å². The van der Waals surface area contributed by atoms with Crippen LogP contribution in [0, 0.1) is 0 Å². The maximum atomic E-state index is 6.13. The highest BCUT2D eigenvalue weighted by Gasteiger charge is 2.03. The zero-order chi connectivity index (χ0) is 14.4. The Bertz CT molecular complexity index is 557. The normalized spacial score (nSPS) is 10.9. The molecule has 0 spiro atoms. The van der Waals surface area contributed by atoms with Crippen molar-refractivity contribution in [1.82, 2.24) is 5.32 Å². The van der Waals surface area contributed by atoms with Gasteiger partial charge in [0.2, 0.25) is 0 Å². The Balaban J connectivity index is 1.75. The van der Waals surface area contributed by atoms with Gasteiger partial charge in [0.1, 0.15) is 11.5 Å². The minimum atomic E-state index is 0.670. The van der Waals surface area contributed by atoms with Crippen molar-refractivity contribution in [1.29, 1.82) is 0 Å². The zero-order valence-electron chi connectivity index (χ0n) is 11.3. The van der Waals surface area contributed by atoms with E-state index in [9.17, 15) is 0 Å². The number of thioether (sulfide) groups is 1. The molecule has 0 aliphatic rings. The summed E-state index contributed by atoms with van der Waals surface area (Å²) >= 11 is 13.8. The molecule has 0 aliphatic heterocycles.